The smallest absolute Gasteiger partial charge is 0.152 e. The Morgan fingerprint density at radius 3 is 2.70 bits per heavy atom. The van der Waals surface area contributed by atoms with Crippen molar-refractivity contribution >= 4 is 17.9 Å². The first-order valence-electron chi connectivity index (χ1n) is 6.67. The van der Waals surface area contributed by atoms with Gasteiger partial charge in [-0.1, -0.05) is 24.8 Å². The molecule has 1 fully saturated rings. The normalized spacial score (nSPS) is 25.9. The molecule has 0 aromatic rings. The molecule has 0 unspecified atom stereocenters. The molecule has 0 amide bonds. The first kappa shape index (κ1) is 17.4. The highest BCUT2D eigenvalue weighted by Crippen LogP contribution is 2.19. The van der Waals surface area contributed by atoms with Crippen molar-refractivity contribution in [2.45, 2.75) is 44.3 Å². The molecule has 0 aliphatic carbocycles. The first-order valence-corrected chi connectivity index (χ1v) is 12.2. The van der Waals surface area contributed by atoms with E-state index in [9.17, 15) is 8.42 Å². The second kappa shape index (κ2) is 7.42. The van der Waals surface area contributed by atoms with Gasteiger partial charge in [-0.3, -0.25) is 0 Å². The summed E-state index contributed by atoms with van der Waals surface area (Å²) in [5.41, 5.74) is 8.49. The number of rotatable bonds is 7. The van der Waals surface area contributed by atoms with Crippen LogP contribution in [-0.4, -0.2) is 53.5 Å². The molecular weight excluding hydrogens is 298 g/mol. The highest BCUT2D eigenvalue weighted by molar-refractivity contribution is 7.91. The van der Waals surface area contributed by atoms with Crippen molar-refractivity contribution in [3.05, 3.63) is 10.4 Å². The average molecular weight is 321 g/mol. The summed E-state index contributed by atoms with van der Waals surface area (Å²) in [6.45, 7) is 7.41. The minimum absolute atomic E-state index is 0.0438. The maximum Gasteiger partial charge on any atom is 0.152 e. The van der Waals surface area contributed by atoms with Crippen LogP contribution in [-0.2, 0) is 19.3 Å². The minimum atomic E-state index is -3.11. The highest BCUT2D eigenvalue weighted by atomic mass is 32.2. The number of sulfone groups is 1. The average Bonchev–Trinajstić information content (AvgIpc) is 2.30. The molecule has 0 N–H and O–H groups in total. The Kier molecular flexibility index (Phi) is 6.47. The second-order valence-corrected chi connectivity index (χ2v) is 14.1. The lowest BCUT2D eigenvalue weighted by Gasteiger charge is -2.28. The van der Waals surface area contributed by atoms with Crippen molar-refractivity contribution in [1.29, 1.82) is 0 Å². The van der Waals surface area contributed by atoms with E-state index in [2.05, 4.69) is 29.7 Å². The van der Waals surface area contributed by atoms with Crippen LogP contribution in [0.1, 0.15) is 6.42 Å². The van der Waals surface area contributed by atoms with E-state index in [-0.39, 0.29) is 18.3 Å². The maximum absolute atomic E-state index is 11.6. The van der Waals surface area contributed by atoms with Crippen LogP contribution in [0.5, 0.6) is 0 Å². The van der Waals surface area contributed by atoms with Crippen LogP contribution in [0.3, 0.4) is 0 Å². The van der Waals surface area contributed by atoms with E-state index >= 15 is 0 Å². The Labute approximate surface area is 121 Å². The van der Waals surface area contributed by atoms with Gasteiger partial charge in [-0.2, -0.15) is 0 Å². The molecule has 1 saturated heterocycles. The molecule has 1 aliphatic rings. The number of ether oxygens (including phenoxy) is 2. The Morgan fingerprint density at radius 1 is 1.40 bits per heavy atom. The predicted octanol–water partition coefficient (Wildman–Crippen LogP) is 2.18. The van der Waals surface area contributed by atoms with Crippen molar-refractivity contribution in [2.75, 3.05) is 24.9 Å². The number of hydrogen-bond donors (Lipinski definition) is 0. The van der Waals surface area contributed by atoms with Crippen molar-refractivity contribution in [2.24, 2.45) is 5.11 Å². The van der Waals surface area contributed by atoms with Crippen molar-refractivity contribution in [3.8, 4) is 0 Å². The lowest BCUT2D eigenvalue weighted by Crippen LogP contribution is -2.41. The van der Waals surface area contributed by atoms with E-state index in [1.165, 1.54) is 0 Å². The SMILES string of the molecule is C[Si](C)(C)CCOCO[C@@H]1CS(=O)(=O)CC[C@H]1N=[N+]=[N-]. The second-order valence-electron chi connectivity index (χ2n) is 6.22. The molecule has 1 heterocycles. The summed E-state index contributed by atoms with van der Waals surface area (Å²) in [5.74, 6) is -0.0545. The van der Waals surface area contributed by atoms with Crippen molar-refractivity contribution < 1.29 is 17.9 Å². The molecule has 0 spiro atoms. The number of nitrogens with zero attached hydrogens (tertiary/aromatic N) is 3. The minimum Gasteiger partial charge on any atom is -0.356 e. The zero-order valence-electron chi connectivity index (χ0n) is 12.3. The summed E-state index contributed by atoms with van der Waals surface area (Å²) in [5, 5.41) is 3.61. The summed E-state index contributed by atoms with van der Waals surface area (Å²) in [4.78, 5) is 2.75. The molecule has 2 atom stereocenters. The van der Waals surface area contributed by atoms with Crippen LogP contribution in [0.15, 0.2) is 5.11 Å². The summed E-state index contributed by atoms with van der Waals surface area (Å²) in [6, 6.07) is 0.600. The van der Waals surface area contributed by atoms with Crippen LogP contribution >= 0.6 is 0 Å². The molecule has 20 heavy (non-hydrogen) atoms. The molecule has 1 aliphatic heterocycles. The summed E-state index contributed by atoms with van der Waals surface area (Å²) in [7, 11) is -4.25. The van der Waals surface area contributed by atoms with E-state index in [4.69, 9.17) is 15.0 Å². The molecule has 116 valence electrons. The Hall–Kier alpha value is -0.603. The van der Waals surface area contributed by atoms with Gasteiger partial charge in [0.15, 0.2) is 9.84 Å². The molecular formula is C11H23N3O4SSi. The van der Waals surface area contributed by atoms with Gasteiger partial charge in [0.05, 0.1) is 23.7 Å². The lowest BCUT2D eigenvalue weighted by atomic mass is 10.1. The molecule has 0 aromatic heterocycles. The third-order valence-electron chi connectivity index (χ3n) is 3.13. The van der Waals surface area contributed by atoms with Gasteiger partial charge in [0.25, 0.3) is 0 Å². The van der Waals surface area contributed by atoms with E-state index < -0.39 is 30.1 Å². The fourth-order valence-corrected chi connectivity index (χ4v) is 4.20. The third-order valence-corrected chi connectivity index (χ3v) is 6.53. The first-order chi connectivity index (χ1) is 9.23. The predicted molar refractivity (Wildman–Crippen MR) is 80.0 cm³/mol. The van der Waals surface area contributed by atoms with Gasteiger partial charge in [0, 0.05) is 19.6 Å². The summed E-state index contributed by atoms with van der Waals surface area (Å²) in [6.07, 6.45) is -0.289. The number of azide groups is 1. The zero-order chi connectivity index (χ0) is 15.2. The summed E-state index contributed by atoms with van der Waals surface area (Å²) >= 11 is 0. The van der Waals surface area contributed by atoms with E-state index in [0.717, 1.165) is 6.04 Å². The molecule has 0 radical (unpaired) electrons. The fraction of sp³-hybridized carbons (Fsp3) is 1.00. The van der Waals surface area contributed by atoms with Gasteiger partial charge in [-0.15, -0.1) is 0 Å². The van der Waals surface area contributed by atoms with Crippen LogP contribution in [0.4, 0.5) is 0 Å². The summed E-state index contributed by atoms with van der Waals surface area (Å²) < 4.78 is 34.0. The topological polar surface area (TPSA) is 101 Å². The van der Waals surface area contributed by atoms with Gasteiger partial charge in [-0.05, 0) is 18.0 Å². The standard InChI is InChI=1S/C11H23N3O4SSi/c1-20(2,3)7-5-17-9-18-11-8-19(15,16)6-4-10(11)13-14-12/h10-11H,4-9H2,1-3H3/t10-,11-/m1/s1. The Morgan fingerprint density at radius 2 is 2.10 bits per heavy atom. The van der Waals surface area contributed by atoms with Crippen LogP contribution in [0.2, 0.25) is 25.7 Å². The zero-order valence-corrected chi connectivity index (χ0v) is 14.1. The molecule has 0 bridgehead atoms. The van der Waals surface area contributed by atoms with Crippen LogP contribution in [0, 0.1) is 0 Å². The molecule has 9 heteroatoms. The number of hydrogen-bond acceptors (Lipinski definition) is 5. The van der Waals surface area contributed by atoms with Crippen molar-refractivity contribution in [1.82, 2.24) is 0 Å². The van der Waals surface area contributed by atoms with E-state index in [0.29, 0.717) is 13.0 Å². The Balaban J connectivity index is 2.40. The molecule has 0 saturated carbocycles. The van der Waals surface area contributed by atoms with Crippen LogP contribution in [0.25, 0.3) is 10.4 Å². The fourth-order valence-electron chi connectivity index (χ4n) is 1.86. The molecule has 1 rings (SSSR count). The van der Waals surface area contributed by atoms with E-state index in [1.807, 2.05) is 0 Å². The van der Waals surface area contributed by atoms with Gasteiger partial charge >= 0.3 is 0 Å². The molecule has 7 nitrogen and oxygen atoms in total. The lowest BCUT2D eigenvalue weighted by molar-refractivity contribution is -0.0869. The van der Waals surface area contributed by atoms with Gasteiger partial charge in [0.1, 0.15) is 6.79 Å². The van der Waals surface area contributed by atoms with Gasteiger partial charge in [-0.25, -0.2) is 8.42 Å². The Bertz CT molecular complexity index is 457. The molecule has 0 aromatic carbocycles. The van der Waals surface area contributed by atoms with Crippen molar-refractivity contribution in [3.63, 3.8) is 0 Å². The van der Waals surface area contributed by atoms with Crippen LogP contribution < -0.4 is 0 Å². The van der Waals surface area contributed by atoms with Gasteiger partial charge in [0.2, 0.25) is 0 Å². The monoisotopic (exact) mass is 321 g/mol. The van der Waals surface area contributed by atoms with E-state index in [1.54, 1.807) is 0 Å². The highest BCUT2D eigenvalue weighted by Gasteiger charge is 2.33. The maximum atomic E-state index is 11.6. The quantitative estimate of drug-likeness (QED) is 0.179. The largest absolute Gasteiger partial charge is 0.356 e. The third kappa shape index (κ3) is 6.71. The van der Waals surface area contributed by atoms with Gasteiger partial charge < -0.3 is 9.47 Å².